The zero-order valence-electron chi connectivity index (χ0n) is 12.4. The molecular formula is C16H16FN3O3. The van der Waals surface area contributed by atoms with Gasteiger partial charge in [-0.15, -0.1) is 0 Å². The predicted molar refractivity (Wildman–Crippen MR) is 83.9 cm³/mol. The molecule has 1 fully saturated rings. The molecule has 0 amide bonds. The van der Waals surface area contributed by atoms with Crippen molar-refractivity contribution in [2.24, 2.45) is 0 Å². The molecule has 0 atom stereocenters. The van der Waals surface area contributed by atoms with Gasteiger partial charge in [-0.25, -0.2) is 9.18 Å². The number of nitrogens with zero attached hydrogens (tertiary/aromatic N) is 2. The molecule has 1 aromatic heterocycles. The number of piperazine rings is 1. The topological polar surface area (TPSA) is 74.6 Å². The van der Waals surface area contributed by atoms with Gasteiger partial charge >= 0.3 is 5.97 Å². The smallest absolute Gasteiger partial charge is 0.341 e. The Morgan fingerprint density at radius 1 is 1.26 bits per heavy atom. The molecule has 7 heteroatoms. The number of benzene rings is 1. The van der Waals surface area contributed by atoms with Gasteiger partial charge < -0.3 is 19.9 Å². The average Bonchev–Trinajstić information content (AvgIpc) is 2.95. The first kappa shape index (κ1) is 14.2. The van der Waals surface area contributed by atoms with Crippen molar-refractivity contribution in [1.82, 2.24) is 9.88 Å². The Labute approximate surface area is 131 Å². The highest BCUT2D eigenvalue weighted by molar-refractivity contribution is 5.95. The van der Waals surface area contributed by atoms with Crippen molar-refractivity contribution >= 4 is 22.6 Å². The minimum atomic E-state index is -1.28. The molecule has 2 aromatic rings. The number of halogens is 1. The summed E-state index contributed by atoms with van der Waals surface area (Å²) in [6.45, 7) is 3.58. The number of anilines is 1. The van der Waals surface area contributed by atoms with Crippen LogP contribution in [0.1, 0.15) is 15.9 Å². The third-order valence-electron chi connectivity index (χ3n) is 4.65. The fourth-order valence-corrected chi connectivity index (χ4v) is 3.64. The lowest BCUT2D eigenvalue weighted by atomic mass is 10.0. The second-order valence-corrected chi connectivity index (χ2v) is 5.94. The van der Waals surface area contributed by atoms with Crippen LogP contribution in [0.25, 0.3) is 10.9 Å². The van der Waals surface area contributed by atoms with Crippen molar-refractivity contribution in [3.05, 3.63) is 39.4 Å². The number of carbonyl (C=O) groups is 1. The SMILES string of the molecule is O=C(O)c1cn2c3c(c(N4CCNCC4)c(F)cc3c1=O)CC2. The first-order valence-corrected chi connectivity index (χ1v) is 7.65. The van der Waals surface area contributed by atoms with Gasteiger partial charge in [0.2, 0.25) is 5.43 Å². The quantitative estimate of drug-likeness (QED) is 0.857. The maximum atomic E-state index is 14.7. The minimum absolute atomic E-state index is 0.161. The number of rotatable bonds is 2. The van der Waals surface area contributed by atoms with Gasteiger partial charge in [0, 0.05) is 49.9 Å². The van der Waals surface area contributed by atoms with E-state index in [4.69, 9.17) is 5.11 Å². The molecule has 2 aliphatic rings. The van der Waals surface area contributed by atoms with E-state index in [-0.39, 0.29) is 10.9 Å². The van der Waals surface area contributed by atoms with Gasteiger partial charge in [-0.1, -0.05) is 0 Å². The van der Waals surface area contributed by atoms with Gasteiger partial charge in [-0.2, -0.15) is 0 Å². The van der Waals surface area contributed by atoms with E-state index in [2.05, 4.69) is 5.32 Å². The second kappa shape index (κ2) is 5.06. The highest BCUT2D eigenvalue weighted by Crippen LogP contribution is 2.35. The van der Waals surface area contributed by atoms with Gasteiger partial charge in [-0.3, -0.25) is 4.79 Å². The summed E-state index contributed by atoms with van der Waals surface area (Å²) < 4.78 is 16.5. The van der Waals surface area contributed by atoms with Gasteiger partial charge in [0.15, 0.2) is 0 Å². The van der Waals surface area contributed by atoms with E-state index in [0.29, 0.717) is 37.3 Å². The van der Waals surface area contributed by atoms with Crippen LogP contribution < -0.4 is 15.6 Å². The summed E-state index contributed by atoms with van der Waals surface area (Å²) in [4.78, 5) is 25.6. The maximum absolute atomic E-state index is 14.7. The minimum Gasteiger partial charge on any atom is -0.477 e. The molecule has 120 valence electrons. The number of hydrogen-bond donors (Lipinski definition) is 2. The first-order valence-electron chi connectivity index (χ1n) is 7.65. The Bertz CT molecular complexity index is 884. The van der Waals surface area contributed by atoms with Crippen LogP contribution >= 0.6 is 0 Å². The first-order chi connectivity index (χ1) is 11.1. The van der Waals surface area contributed by atoms with Crippen molar-refractivity contribution in [2.45, 2.75) is 13.0 Å². The summed E-state index contributed by atoms with van der Waals surface area (Å²) in [6.07, 6.45) is 1.99. The van der Waals surface area contributed by atoms with Crippen LogP contribution in [-0.2, 0) is 13.0 Å². The van der Waals surface area contributed by atoms with Crippen LogP contribution in [0, 0.1) is 5.82 Å². The predicted octanol–water partition coefficient (Wildman–Crippen LogP) is 0.804. The Morgan fingerprint density at radius 3 is 2.70 bits per heavy atom. The van der Waals surface area contributed by atoms with Gasteiger partial charge in [0.05, 0.1) is 11.2 Å². The van der Waals surface area contributed by atoms with E-state index in [1.165, 1.54) is 12.3 Å². The number of aromatic nitrogens is 1. The zero-order valence-corrected chi connectivity index (χ0v) is 12.4. The van der Waals surface area contributed by atoms with E-state index in [1.54, 1.807) is 4.57 Å². The summed E-state index contributed by atoms with van der Waals surface area (Å²) in [5, 5.41) is 12.6. The highest BCUT2D eigenvalue weighted by Gasteiger charge is 2.27. The summed E-state index contributed by atoms with van der Waals surface area (Å²) in [6, 6.07) is 1.20. The van der Waals surface area contributed by atoms with Crippen molar-refractivity contribution in [3.63, 3.8) is 0 Å². The number of carboxylic acids is 1. The third-order valence-corrected chi connectivity index (χ3v) is 4.65. The van der Waals surface area contributed by atoms with Crippen LogP contribution in [0.4, 0.5) is 10.1 Å². The molecule has 0 saturated carbocycles. The normalized spacial score (nSPS) is 17.0. The molecule has 3 heterocycles. The van der Waals surface area contributed by atoms with Crippen molar-refractivity contribution in [1.29, 1.82) is 0 Å². The van der Waals surface area contributed by atoms with E-state index in [0.717, 1.165) is 18.7 Å². The number of carboxylic acid groups (broad SMARTS) is 1. The van der Waals surface area contributed by atoms with Crippen LogP contribution in [0.2, 0.25) is 0 Å². The fourth-order valence-electron chi connectivity index (χ4n) is 3.64. The monoisotopic (exact) mass is 317 g/mol. The van der Waals surface area contributed by atoms with E-state index >= 15 is 0 Å². The number of aryl methyl sites for hydroxylation is 2. The van der Waals surface area contributed by atoms with Crippen molar-refractivity contribution in [3.8, 4) is 0 Å². The van der Waals surface area contributed by atoms with Crippen LogP contribution in [0.5, 0.6) is 0 Å². The van der Waals surface area contributed by atoms with Crippen LogP contribution in [0.15, 0.2) is 17.1 Å². The molecule has 6 nitrogen and oxygen atoms in total. The van der Waals surface area contributed by atoms with E-state index in [1.807, 2.05) is 4.90 Å². The van der Waals surface area contributed by atoms with Crippen LogP contribution in [0.3, 0.4) is 0 Å². The Morgan fingerprint density at radius 2 is 2.00 bits per heavy atom. The van der Waals surface area contributed by atoms with Gasteiger partial charge in [-0.05, 0) is 12.5 Å². The molecule has 2 aliphatic heterocycles. The average molecular weight is 317 g/mol. The Kier molecular flexibility index (Phi) is 3.12. The molecular weight excluding hydrogens is 301 g/mol. The zero-order chi connectivity index (χ0) is 16.1. The lowest BCUT2D eigenvalue weighted by Crippen LogP contribution is -2.44. The summed E-state index contributed by atoms with van der Waals surface area (Å²) in [7, 11) is 0. The third kappa shape index (κ3) is 2.03. The standard InChI is InChI=1S/C16H16FN3O3/c17-12-7-10-13-9(14(12)19-5-2-18-3-6-19)1-4-20(13)8-11(15(10)21)16(22)23/h7-8,18H,1-6H2,(H,22,23). The largest absolute Gasteiger partial charge is 0.477 e. The molecule has 0 radical (unpaired) electrons. The summed E-state index contributed by atoms with van der Waals surface area (Å²) >= 11 is 0. The van der Waals surface area contributed by atoms with Crippen molar-refractivity contribution in [2.75, 3.05) is 31.1 Å². The molecule has 0 bridgehead atoms. The second-order valence-electron chi connectivity index (χ2n) is 5.94. The molecule has 1 saturated heterocycles. The maximum Gasteiger partial charge on any atom is 0.341 e. The Balaban J connectivity index is 2.01. The number of pyridine rings is 1. The van der Waals surface area contributed by atoms with Gasteiger partial charge in [0.25, 0.3) is 0 Å². The number of aromatic carboxylic acids is 1. The summed E-state index contributed by atoms with van der Waals surface area (Å²) in [5.74, 6) is -1.72. The highest BCUT2D eigenvalue weighted by atomic mass is 19.1. The summed E-state index contributed by atoms with van der Waals surface area (Å²) in [5.41, 5.74) is 1.14. The molecule has 2 N–H and O–H groups in total. The van der Waals surface area contributed by atoms with Crippen molar-refractivity contribution < 1.29 is 14.3 Å². The molecule has 0 spiro atoms. The molecule has 1 aromatic carbocycles. The molecule has 23 heavy (non-hydrogen) atoms. The van der Waals surface area contributed by atoms with E-state index in [9.17, 15) is 14.0 Å². The number of hydrogen-bond acceptors (Lipinski definition) is 4. The van der Waals surface area contributed by atoms with E-state index < -0.39 is 17.2 Å². The number of nitrogens with one attached hydrogen (secondary N) is 1. The van der Waals surface area contributed by atoms with Crippen LogP contribution in [-0.4, -0.2) is 41.8 Å². The lowest BCUT2D eigenvalue weighted by Gasteiger charge is -2.31. The lowest BCUT2D eigenvalue weighted by molar-refractivity contribution is 0.0695. The van der Waals surface area contributed by atoms with Gasteiger partial charge in [0.1, 0.15) is 11.4 Å². The fraction of sp³-hybridized carbons (Fsp3) is 0.375. The molecule has 4 rings (SSSR count). The molecule has 0 aliphatic carbocycles. The molecule has 0 unspecified atom stereocenters. The Hall–Kier alpha value is -2.41.